The van der Waals surface area contributed by atoms with Crippen molar-refractivity contribution >= 4 is 5.91 Å². The highest BCUT2D eigenvalue weighted by Crippen LogP contribution is 2.25. The molecule has 0 aromatic rings. The lowest BCUT2D eigenvalue weighted by molar-refractivity contribution is -0.156. The first-order chi connectivity index (χ1) is 6.50. The maximum Gasteiger partial charge on any atom is 0.223 e. The third-order valence-electron chi connectivity index (χ3n) is 3.20. The molecular formula is C11H21NO2. The summed E-state index contributed by atoms with van der Waals surface area (Å²) in [5, 5.41) is 9.74. The van der Waals surface area contributed by atoms with Crippen molar-refractivity contribution in [2.45, 2.75) is 45.6 Å². The van der Waals surface area contributed by atoms with Gasteiger partial charge in [0.2, 0.25) is 5.91 Å². The average Bonchev–Trinajstić information content (AvgIpc) is 2.12. The molecule has 1 saturated heterocycles. The minimum atomic E-state index is -0.592. The first-order valence-electron chi connectivity index (χ1n) is 5.51. The van der Waals surface area contributed by atoms with Crippen LogP contribution in [0.25, 0.3) is 0 Å². The van der Waals surface area contributed by atoms with Gasteiger partial charge in [0, 0.05) is 6.42 Å². The first kappa shape index (κ1) is 11.5. The summed E-state index contributed by atoms with van der Waals surface area (Å²) < 4.78 is 0. The maximum atomic E-state index is 11.6. The van der Waals surface area contributed by atoms with E-state index in [1.165, 1.54) is 0 Å². The van der Waals surface area contributed by atoms with Gasteiger partial charge in [-0.05, 0) is 12.3 Å². The van der Waals surface area contributed by atoms with E-state index in [0.29, 0.717) is 25.4 Å². The van der Waals surface area contributed by atoms with Gasteiger partial charge in [0.15, 0.2) is 0 Å². The van der Waals surface area contributed by atoms with E-state index in [-0.39, 0.29) is 5.91 Å². The molecule has 3 heteroatoms. The molecule has 1 aliphatic heterocycles. The number of rotatable bonds is 4. The molecule has 0 radical (unpaired) electrons. The van der Waals surface area contributed by atoms with Crippen molar-refractivity contribution in [3.63, 3.8) is 0 Å². The number of nitrogens with zero attached hydrogens (tertiary/aromatic N) is 1. The molecular weight excluding hydrogens is 178 g/mol. The number of amides is 1. The molecule has 0 saturated carbocycles. The monoisotopic (exact) mass is 199 g/mol. The SMILES string of the molecule is CCC(C)CC(=O)N1CC(O)(CC)C1. The van der Waals surface area contributed by atoms with E-state index in [1.807, 2.05) is 6.92 Å². The molecule has 82 valence electrons. The van der Waals surface area contributed by atoms with E-state index >= 15 is 0 Å². The van der Waals surface area contributed by atoms with Crippen molar-refractivity contribution in [2.75, 3.05) is 13.1 Å². The van der Waals surface area contributed by atoms with Gasteiger partial charge in [-0.15, -0.1) is 0 Å². The summed E-state index contributed by atoms with van der Waals surface area (Å²) in [6, 6.07) is 0. The van der Waals surface area contributed by atoms with Gasteiger partial charge in [0.1, 0.15) is 0 Å². The molecule has 1 atom stereocenters. The summed E-state index contributed by atoms with van der Waals surface area (Å²) in [5.74, 6) is 0.648. The zero-order valence-electron chi connectivity index (χ0n) is 9.42. The minimum Gasteiger partial charge on any atom is -0.386 e. The second-order valence-electron chi connectivity index (χ2n) is 4.55. The topological polar surface area (TPSA) is 40.5 Å². The van der Waals surface area contributed by atoms with Gasteiger partial charge in [0.25, 0.3) is 0 Å². The Kier molecular flexibility index (Phi) is 3.53. The van der Waals surface area contributed by atoms with Crippen LogP contribution in [0.5, 0.6) is 0 Å². The van der Waals surface area contributed by atoms with Gasteiger partial charge in [-0.25, -0.2) is 0 Å². The normalized spacial score (nSPS) is 21.6. The standard InChI is InChI=1S/C11H21NO2/c1-4-9(3)6-10(13)12-7-11(14,5-2)8-12/h9,14H,4-8H2,1-3H3. The van der Waals surface area contributed by atoms with Crippen LogP contribution in [0, 0.1) is 5.92 Å². The summed E-state index contributed by atoms with van der Waals surface area (Å²) in [4.78, 5) is 13.4. The maximum absolute atomic E-state index is 11.6. The Morgan fingerprint density at radius 3 is 2.50 bits per heavy atom. The highest BCUT2D eigenvalue weighted by Gasteiger charge is 2.41. The van der Waals surface area contributed by atoms with Crippen LogP contribution in [0.2, 0.25) is 0 Å². The van der Waals surface area contributed by atoms with Crippen molar-refractivity contribution < 1.29 is 9.90 Å². The fraction of sp³-hybridized carbons (Fsp3) is 0.909. The van der Waals surface area contributed by atoms with Crippen LogP contribution < -0.4 is 0 Å². The van der Waals surface area contributed by atoms with E-state index in [0.717, 1.165) is 12.8 Å². The van der Waals surface area contributed by atoms with E-state index in [1.54, 1.807) is 4.90 Å². The van der Waals surface area contributed by atoms with Gasteiger partial charge >= 0.3 is 0 Å². The predicted octanol–water partition coefficient (Wildman–Crippen LogP) is 1.41. The van der Waals surface area contributed by atoms with Crippen LogP contribution >= 0.6 is 0 Å². The Labute approximate surface area is 86.1 Å². The fourth-order valence-electron chi connectivity index (χ4n) is 1.64. The quantitative estimate of drug-likeness (QED) is 0.743. The van der Waals surface area contributed by atoms with Gasteiger partial charge in [0.05, 0.1) is 18.7 Å². The van der Waals surface area contributed by atoms with Gasteiger partial charge in [-0.3, -0.25) is 4.79 Å². The van der Waals surface area contributed by atoms with Gasteiger partial charge in [-0.2, -0.15) is 0 Å². The van der Waals surface area contributed by atoms with Gasteiger partial charge in [-0.1, -0.05) is 27.2 Å². The van der Waals surface area contributed by atoms with Crippen molar-refractivity contribution in [1.29, 1.82) is 0 Å². The molecule has 0 spiro atoms. The number of hydrogen-bond acceptors (Lipinski definition) is 2. The number of likely N-dealkylation sites (tertiary alicyclic amines) is 1. The molecule has 3 nitrogen and oxygen atoms in total. The lowest BCUT2D eigenvalue weighted by Gasteiger charge is -2.46. The molecule has 1 rings (SSSR count). The van der Waals surface area contributed by atoms with Crippen LogP contribution in [0.1, 0.15) is 40.0 Å². The van der Waals surface area contributed by atoms with E-state index in [9.17, 15) is 9.90 Å². The third kappa shape index (κ3) is 2.47. The Bertz CT molecular complexity index is 209. The van der Waals surface area contributed by atoms with Crippen LogP contribution in [-0.4, -0.2) is 34.6 Å². The fourth-order valence-corrected chi connectivity index (χ4v) is 1.64. The molecule has 0 bridgehead atoms. The van der Waals surface area contributed by atoms with Crippen LogP contribution in [-0.2, 0) is 4.79 Å². The Morgan fingerprint density at radius 1 is 1.50 bits per heavy atom. The molecule has 1 aliphatic rings. The number of hydrogen-bond donors (Lipinski definition) is 1. The third-order valence-corrected chi connectivity index (χ3v) is 3.20. The largest absolute Gasteiger partial charge is 0.386 e. The van der Waals surface area contributed by atoms with E-state index in [4.69, 9.17) is 0 Å². The molecule has 1 amide bonds. The highest BCUT2D eigenvalue weighted by atomic mass is 16.3. The van der Waals surface area contributed by atoms with Crippen LogP contribution in [0.4, 0.5) is 0 Å². The summed E-state index contributed by atoms with van der Waals surface area (Å²) in [7, 11) is 0. The average molecular weight is 199 g/mol. The zero-order chi connectivity index (χ0) is 10.8. The molecule has 1 heterocycles. The summed E-state index contributed by atoms with van der Waals surface area (Å²) in [5.41, 5.74) is -0.592. The van der Waals surface area contributed by atoms with Crippen LogP contribution in [0.15, 0.2) is 0 Å². The summed E-state index contributed by atoms with van der Waals surface area (Å²) >= 11 is 0. The molecule has 0 aliphatic carbocycles. The zero-order valence-corrected chi connectivity index (χ0v) is 9.42. The van der Waals surface area contributed by atoms with Crippen molar-refractivity contribution in [3.8, 4) is 0 Å². The second kappa shape index (κ2) is 4.30. The number of β-amino-alcohol motifs (C(OH)–C–C–N with tert-alkyl or cyclic N) is 1. The predicted molar refractivity (Wildman–Crippen MR) is 55.9 cm³/mol. The molecule has 0 aromatic carbocycles. The molecule has 14 heavy (non-hydrogen) atoms. The Morgan fingerprint density at radius 2 is 2.07 bits per heavy atom. The van der Waals surface area contributed by atoms with Crippen molar-refractivity contribution in [3.05, 3.63) is 0 Å². The Hall–Kier alpha value is -0.570. The molecule has 1 N–H and O–H groups in total. The number of aliphatic hydroxyl groups is 1. The first-order valence-corrected chi connectivity index (χ1v) is 5.51. The van der Waals surface area contributed by atoms with E-state index < -0.39 is 5.60 Å². The van der Waals surface area contributed by atoms with Gasteiger partial charge < -0.3 is 10.0 Å². The van der Waals surface area contributed by atoms with Crippen molar-refractivity contribution in [2.24, 2.45) is 5.92 Å². The highest BCUT2D eigenvalue weighted by molar-refractivity contribution is 5.77. The van der Waals surface area contributed by atoms with E-state index in [2.05, 4.69) is 13.8 Å². The Balaban J connectivity index is 2.29. The van der Waals surface area contributed by atoms with Crippen LogP contribution in [0.3, 0.4) is 0 Å². The number of carbonyl (C=O) groups excluding carboxylic acids is 1. The molecule has 1 fully saturated rings. The summed E-state index contributed by atoms with van der Waals surface area (Å²) in [6.07, 6.45) is 2.40. The van der Waals surface area contributed by atoms with Crippen molar-refractivity contribution in [1.82, 2.24) is 4.90 Å². The second-order valence-corrected chi connectivity index (χ2v) is 4.55. The lowest BCUT2D eigenvalue weighted by Crippen LogP contribution is -2.63. The number of carbonyl (C=O) groups is 1. The molecule has 1 unspecified atom stereocenters. The molecule has 0 aromatic heterocycles. The smallest absolute Gasteiger partial charge is 0.223 e. The lowest BCUT2D eigenvalue weighted by atomic mass is 9.90. The minimum absolute atomic E-state index is 0.192. The summed E-state index contributed by atoms with van der Waals surface area (Å²) in [6.45, 7) is 7.19.